The molecule has 2 aromatic carbocycles. The molecule has 0 amide bonds. The average molecular weight is 418 g/mol. The van der Waals surface area contributed by atoms with Gasteiger partial charge >= 0.3 is 11.9 Å². The molecule has 0 atom stereocenters. The Bertz CT molecular complexity index is 1040. The molecule has 0 spiro atoms. The first-order valence-electron chi connectivity index (χ1n) is 9.09. The summed E-state index contributed by atoms with van der Waals surface area (Å²) in [6.07, 6.45) is 0.469. The van der Waals surface area contributed by atoms with Gasteiger partial charge in [0, 0.05) is 18.3 Å². The molecule has 0 fully saturated rings. The standard InChI is InChI=1S/C21H22O7S/c1-27-18(22)10-12-21(13-11-19(23)28-2)16-8-4-3-6-14(16)15-7-5-9-17(20(15)21)29(24,25)26/h3-9H,10-13H2,1-2H3,(H,24,25,26). The summed E-state index contributed by atoms with van der Waals surface area (Å²) < 4.78 is 43.8. The van der Waals surface area contributed by atoms with Crippen molar-refractivity contribution in [3.63, 3.8) is 0 Å². The van der Waals surface area contributed by atoms with E-state index in [1.54, 1.807) is 12.1 Å². The Morgan fingerprint density at radius 1 is 0.897 bits per heavy atom. The van der Waals surface area contributed by atoms with Crippen molar-refractivity contribution in [2.24, 2.45) is 0 Å². The van der Waals surface area contributed by atoms with E-state index >= 15 is 0 Å². The van der Waals surface area contributed by atoms with E-state index < -0.39 is 27.5 Å². The average Bonchev–Trinajstić information content (AvgIpc) is 3.00. The second-order valence-electron chi connectivity index (χ2n) is 6.93. The molecule has 8 heteroatoms. The molecule has 1 aliphatic carbocycles. The van der Waals surface area contributed by atoms with Crippen LogP contribution in [0.2, 0.25) is 0 Å². The van der Waals surface area contributed by atoms with Crippen molar-refractivity contribution in [1.29, 1.82) is 0 Å². The van der Waals surface area contributed by atoms with Crippen LogP contribution in [-0.2, 0) is 34.6 Å². The van der Waals surface area contributed by atoms with Crippen LogP contribution in [0.25, 0.3) is 11.1 Å². The summed E-state index contributed by atoms with van der Waals surface area (Å²) in [7, 11) is -1.97. The number of hydrogen-bond donors (Lipinski definition) is 1. The molecule has 154 valence electrons. The largest absolute Gasteiger partial charge is 0.469 e. The molecule has 0 aliphatic heterocycles. The third kappa shape index (κ3) is 3.77. The van der Waals surface area contributed by atoms with Crippen molar-refractivity contribution < 1.29 is 32.0 Å². The Hall–Kier alpha value is -2.71. The molecule has 0 saturated heterocycles. The number of benzene rings is 2. The zero-order valence-electron chi connectivity index (χ0n) is 16.2. The molecule has 0 bridgehead atoms. The Morgan fingerprint density at radius 2 is 1.45 bits per heavy atom. The van der Waals surface area contributed by atoms with Crippen LogP contribution in [0.4, 0.5) is 0 Å². The van der Waals surface area contributed by atoms with Crippen molar-refractivity contribution in [3.05, 3.63) is 53.6 Å². The van der Waals surface area contributed by atoms with Gasteiger partial charge in [0.05, 0.1) is 19.1 Å². The summed E-state index contributed by atoms with van der Waals surface area (Å²) in [5, 5.41) is 0. The smallest absolute Gasteiger partial charge is 0.305 e. The van der Waals surface area contributed by atoms with Crippen molar-refractivity contribution in [3.8, 4) is 11.1 Å². The molecule has 7 nitrogen and oxygen atoms in total. The summed E-state index contributed by atoms with van der Waals surface area (Å²) in [5.74, 6) is -0.893. The van der Waals surface area contributed by atoms with Gasteiger partial charge in [-0.15, -0.1) is 0 Å². The first-order chi connectivity index (χ1) is 13.7. The number of rotatable bonds is 7. The second kappa shape index (κ2) is 7.96. The molecule has 3 rings (SSSR count). The maximum atomic E-state index is 12.2. The Labute approximate surface area is 169 Å². The van der Waals surface area contributed by atoms with Crippen LogP contribution in [0.1, 0.15) is 36.8 Å². The summed E-state index contributed by atoms with van der Waals surface area (Å²) in [5.41, 5.74) is 1.70. The van der Waals surface area contributed by atoms with Gasteiger partial charge in [-0.3, -0.25) is 14.1 Å². The molecule has 2 aromatic rings. The van der Waals surface area contributed by atoms with Crippen molar-refractivity contribution in [1.82, 2.24) is 0 Å². The van der Waals surface area contributed by atoms with Crippen LogP contribution in [0, 0.1) is 0 Å². The maximum Gasteiger partial charge on any atom is 0.305 e. The fourth-order valence-electron chi connectivity index (χ4n) is 4.21. The van der Waals surface area contributed by atoms with Crippen LogP contribution in [0.15, 0.2) is 47.4 Å². The quantitative estimate of drug-likeness (QED) is 0.544. The first kappa shape index (κ1) is 21.0. The normalized spacial score (nSPS) is 14.0. The lowest BCUT2D eigenvalue weighted by Crippen LogP contribution is -2.29. The third-order valence-corrected chi connectivity index (χ3v) is 6.38. The highest BCUT2D eigenvalue weighted by molar-refractivity contribution is 7.85. The van der Waals surface area contributed by atoms with Gasteiger partial charge in [0.15, 0.2) is 0 Å². The summed E-state index contributed by atoms with van der Waals surface area (Å²) in [6.45, 7) is 0. The fraction of sp³-hybridized carbons (Fsp3) is 0.333. The molecule has 29 heavy (non-hydrogen) atoms. The molecular formula is C21H22O7S. The third-order valence-electron chi connectivity index (χ3n) is 5.48. The van der Waals surface area contributed by atoms with Gasteiger partial charge in [0.25, 0.3) is 10.1 Å². The van der Waals surface area contributed by atoms with Crippen LogP contribution >= 0.6 is 0 Å². The van der Waals surface area contributed by atoms with E-state index in [-0.39, 0.29) is 30.6 Å². The van der Waals surface area contributed by atoms with Crippen LogP contribution in [0.5, 0.6) is 0 Å². The molecule has 0 heterocycles. The van der Waals surface area contributed by atoms with Crippen molar-refractivity contribution >= 4 is 22.1 Å². The van der Waals surface area contributed by atoms with Crippen LogP contribution < -0.4 is 0 Å². The van der Waals surface area contributed by atoms with Gasteiger partial charge in [-0.25, -0.2) is 0 Å². The van der Waals surface area contributed by atoms with E-state index in [4.69, 9.17) is 9.47 Å². The lowest BCUT2D eigenvalue weighted by molar-refractivity contribution is -0.141. The van der Waals surface area contributed by atoms with Gasteiger partial charge < -0.3 is 9.47 Å². The highest BCUT2D eigenvalue weighted by atomic mass is 32.2. The minimum Gasteiger partial charge on any atom is -0.469 e. The van der Waals surface area contributed by atoms with E-state index in [0.29, 0.717) is 11.1 Å². The first-order valence-corrected chi connectivity index (χ1v) is 10.5. The molecular weight excluding hydrogens is 396 g/mol. The number of fused-ring (bicyclic) bond motifs is 3. The molecule has 1 N–H and O–H groups in total. The number of methoxy groups -OCH3 is 2. The van der Waals surface area contributed by atoms with E-state index in [9.17, 15) is 22.6 Å². The highest BCUT2D eigenvalue weighted by Gasteiger charge is 2.46. The van der Waals surface area contributed by atoms with Crippen molar-refractivity contribution in [2.75, 3.05) is 14.2 Å². The van der Waals surface area contributed by atoms with Crippen molar-refractivity contribution in [2.45, 2.75) is 36.0 Å². The number of hydrogen-bond acceptors (Lipinski definition) is 6. The maximum absolute atomic E-state index is 12.2. The predicted molar refractivity (Wildman–Crippen MR) is 105 cm³/mol. The summed E-state index contributed by atoms with van der Waals surface area (Å²) in [4.78, 5) is 23.6. The highest BCUT2D eigenvalue weighted by Crippen LogP contribution is 2.55. The number of esters is 2. The van der Waals surface area contributed by atoms with E-state index in [1.165, 1.54) is 20.3 Å². The predicted octanol–water partition coefficient (Wildman–Crippen LogP) is 3.11. The second-order valence-corrected chi connectivity index (χ2v) is 8.32. The Kier molecular flexibility index (Phi) is 5.77. The number of carbonyl (C=O) groups is 2. The minimum atomic E-state index is -4.54. The van der Waals surface area contributed by atoms with Gasteiger partial charge in [0.1, 0.15) is 0 Å². The van der Waals surface area contributed by atoms with E-state index in [1.807, 2.05) is 24.3 Å². The lowest BCUT2D eigenvalue weighted by atomic mass is 9.71. The lowest BCUT2D eigenvalue weighted by Gasteiger charge is -2.32. The van der Waals surface area contributed by atoms with Crippen LogP contribution in [-0.4, -0.2) is 39.1 Å². The van der Waals surface area contributed by atoms with Crippen LogP contribution in [0.3, 0.4) is 0 Å². The van der Waals surface area contributed by atoms with E-state index in [0.717, 1.165) is 11.1 Å². The minimum absolute atomic E-state index is 0.0191. The zero-order valence-corrected chi connectivity index (χ0v) is 17.0. The zero-order chi connectivity index (χ0) is 21.2. The SMILES string of the molecule is COC(=O)CCC1(CCC(=O)OC)c2ccccc2-c2cccc(S(=O)(=O)O)c21. The van der Waals surface area contributed by atoms with Gasteiger partial charge in [-0.2, -0.15) is 8.42 Å². The van der Waals surface area contributed by atoms with E-state index in [2.05, 4.69) is 0 Å². The Balaban J connectivity index is 2.28. The molecule has 0 radical (unpaired) electrons. The molecule has 0 aromatic heterocycles. The molecule has 0 saturated carbocycles. The molecule has 0 unspecified atom stereocenters. The van der Waals surface area contributed by atoms with Gasteiger partial charge in [0.2, 0.25) is 0 Å². The summed E-state index contributed by atoms with van der Waals surface area (Å²) >= 11 is 0. The monoisotopic (exact) mass is 418 g/mol. The summed E-state index contributed by atoms with van der Waals surface area (Å²) in [6, 6.07) is 12.1. The van der Waals surface area contributed by atoms with Gasteiger partial charge in [-0.1, -0.05) is 36.4 Å². The van der Waals surface area contributed by atoms with Gasteiger partial charge in [-0.05, 0) is 41.2 Å². The topological polar surface area (TPSA) is 107 Å². The fourth-order valence-corrected chi connectivity index (χ4v) is 5.03. The number of ether oxygens (including phenoxy) is 2. The number of carbonyl (C=O) groups excluding carboxylic acids is 2. The Morgan fingerprint density at radius 3 is 2.00 bits per heavy atom. The molecule has 1 aliphatic rings.